The van der Waals surface area contributed by atoms with Crippen molar-refractivity contribution in [2.24, 2.45) is 0 Å². The fourth-order valence-corrected chi connectivity index (χ4v) is 9.55. The van der Waals surface area contributed by atoms with Gasteiger partial charge >= 0.3 is 0 Å². The van der Waals surface area contributed by atoms with Crippen molar-refractivity contribution in [1.82, 2.24) is 0 Å². The Morgan fingerprint density at radius 3 is 1.50 bits per heavy atom. The second-order valence-corrected chi connectivity index (χ2v) is 14.1. The van der Waals surface area contributed by atoms with Gasteiger partial charge in [0.05, 0.1) is 0 Å². The Labute approximate surface area is 56.9 Å². The van der Waals surface area contributed by atoms with Crippen LogP contribution in [0.15, 0.2) is 0 Å². The molecule has 0 aromatic carbocycles. The summed E-state index contributed by atoms with van der Waals surface area (Å²) in [5, 5.41) is 0.706. The normalized spacial score (nSPS) is 14.2. The van der Waals surface area contributed by atoms with Crippen LogP contribution in [0, 0.1) is 0 Å². The van der Waals surface area contributed by atoms with E-state index < -0.39 is 0 Å². The number of hydrogen-bond acceptors (Lipinski definition) is 0. The highest BCUT2D eigenvalue weighted by atomic mass is 29.2. The van der Waals surface area contributed by atoms with Gasteiger partial charge in [0.2, 0.25) is 0 Å². The summed E-state index contributed by atoms with van der Waals surface area (Å²) in [6.45, 7) is 12.0. The summed E-state index contributed by atoms with van der Waals surface area (Å²) < 4.78 is 0. The van der Waals surface area contributed by atoms with Gasteiger partial charge in [0.1, 0.15) is 0 Å². The smallest absolute Gasteiger partial charge is 0.0267 e. The van der Waals surface area contributed by atoms with Crippen molar-refractivity contribution in [2.45, 2.75) is 38.9 Å². The minimum atomic E-state index is 0.147. The Balaban J connectivity index is 3.39. The highest BCUT2D eigenvalue weighted by Gasteiger charge is 2.12. The molecule has 0 fully saturated rings. The Hall–Kier alpha value is 0.434. The molecule has 0 aliphatic rings. The number of hydrogen-bond donors (Lipinski definition) is 0. The van der Waals surface area contributed by atoms with Gasteiger partial charge in [-0.3, -0.25) is 0 Å². The lowest BCUT2D eigenvalue weighted by Gasteiger charge is -2.18. The predicted octanol–water partition coefficient (Wildman–Crippen LogP) is 1.62. The third kappa shape index (κ3) is 6.43. The molecule has 0 saturated heterocycles. The van der Waals surface area contributed by atoms with Gasteiger partial charge < -0.3 is 0 Å². The molecule has 0 heterocycles. The summed E-state index contributed by atoms with van der Waals surface area (Å²) in [6.07, 6.45) is 0. The van der Waals surface area contributed by atoms with E-state index in [2.05, 4.69) is 33.9 Å². The van der Waals surface area contributed by atoms with Gasteiger partial charge in [-0.2, -0.15) is 0 Å². The van der Waals surface area contributed by atoms with Crippen molar-refractivity contribution in [3.8, 4) is 0 Å². The van der Waals surface area contributed by atoms with Crippen LogP contribution >= 0.6 is 0 Å². The SMILES string of the molecule is C[Si](C)[SiH2]C(C)(C)C. The van der Waals surface area contributed by atoms with Crippen LogP contribution in [0.2, 0.25) is 18.1 Å². The van der Waals surface area contributed by atoms with Crippen LogP contribution in [0.5, 0.6) is 0 Å². The van der Waals surface area contributed by atoms with Gasteiger partial charge in [0.25, 0.3) is 0 Å². The van der Waals surface area contributed by atoms with E-state index in [1.54, 1.807) is 0 Å². The van der Waals surface area contributed by atoms with Crippen molar-refractivity contribution in [2.75, 3.05) is 0 Å². The van der Waals surface area contributed by atoms with Gasteiger partial charge in [0.15, 0.2) is 0 Å². The molecule has 0 rings (SSSR count). The molecular formula is C6H17Si2. The van der Waals surface area contributed by atoms with E-state index in [0.29, 0.717) is 5.04 Å². The van der Waals surface area contributed by atoms with Crippen LogP contribution in [0.3, 0.4) is 0 Å². The summed E-state index contributed by atoms with van der Waals surface area (Å²) >= 11 is 0. The predicted molar refractivity (Wildman–Crippen MR) is 45.7 cm³/mol. The average Bonchev–Trinajstić information content (AvgIpc) is 1.21. The molecule has 1 radical (unpaired) electrons. The molecule has 0 atom stereocenters. The maximum Gasteiger partial charge on any atom is 0.0267 e. The molecule has 0 aromatic heterocycles. The van der Waals surface area contributed by atoms with Gasteiger partial charge in [-0.05, 0) is 0 Å². The first-order chi connectivity index (χ1) is 3.42. The van der Waals surface area contributed by atoms with Gasteiger partial charge in [-0.15, -0.1) is 0 Å². The lowest BCUT2D eigenvalue weighted by Crippen LogP contribution is -2.22. The first-order valence-corrected chi connectivity index (χ1v) is 8.74. The van der Waals surface area contributed by atoms with Crippen molar-refractivity contribution in [3.63, 3.8) is 0 Å². The molecule has 0 aliphatic carbocycles. The lowest BCUT2D eigenvalue weighted by molar-refractivity contribution is 0.762. The van der Waals surface area contributed by atoms with E-state index in [1.807, 2.05) is 0 Å². The van der Waals surface area contributed by atoms with Crippen LogP contribution in [-0.2, 0) is 0 Å². The first kappa shape index (κ1) is 8.43. The van der Waals surface area contributed by atoms with E-state index in [1.165, 1.54) is 0 Å². The molecule has 0 nitrogen and oxygen atoms in total. The van der Waals surface area contributed by atoms with Crippen molar-refractivity contribution < 1.29 is 0 Å². The van der Waals surface area contributed by atoms with Crippen LogP contribution in [0.25, 0.3) is 0 Å². The van der Waals surface area contributed by atoms with Crippen molar-refractivity contribution in [1.29, 1.82) is 0 Å². The van der Waals surface area contributed by atoms with Crippen molar-refractivity contribution in [3.05, 3.63) is 0 Å². The molecule has 0 unspecified atom stereocenters. The van der Waals surface area contributed by atoms with E-state index in [4.69, 9.17) is 0 Å². The van der Waals surface area contributed by atoms with Crippen LogP contribution < -0.4 is 0 Å². The van der Waals surface area contributed by atoms with Gasteiger partial charge in [0, 0.05) is 17.4 Å². The Bertz CT molecular complexity index is 61.4. The maximum absolute atomic E-state index is 2.43. The summed E-state index contributed by atoms with van der Waals surface area (Å²) in [5.41, 5.74) is 0. The second kappa shape index (κ2) is 2.83. The zero-order valence-corrected chi connectivity index (χ0v) is 9.12. The minimum Gasteiger partial charge on any atom is -0.0738 e. The Morgan fingerprint density at radius 2 is 1.50 bits per heavy atom. The fraction of sp³-hybridized carbons (Fsp3) is 1.00. The van der Waals surface area contributed by atoms with E-state index >= 15 is 0 Å². The highest BCUT2D eigenvalue weighted by Crippen LogP contribution is 2.20. The van der Waals surface area contributed by atoms with Crippen molar-refractivity contribution >= 4 is 17.4 Å². The van der Waals surface area contributed by atoms with E-state index in [-0.39, 0.29) is 17.4 Å². The molecule has 0 N–H and O–H groups in total. The second-order valence-electron chi connectivity index (χ2n) is 3.94. The summed E-state index contributed by atoms with van der Waals surface area (Å²) in [5.74, 6) is 0. The Kier molecular flexibility index (Phi) is 2.98. The van der Waals surface area contributed by atoms with Gasteiger partial charge in [-0.25, -0.2) is 0 Å². The van der Waals surface area contributed by atoms with Crippen LogP contribution in [0.1, 0.15) is 20.8 Å². The molecule has 0 aliphatic heterocycles. The van der Waals surface area contributed by atoms with Crippen LogP contribution in [-0.4, -0.2) is 17.4 Å². The summed E-state index contributed by atoms with van der Waals surface area (Å²) in [4.78, 5) is 0. The largest absolute Gasteiger partial charge is 0.0738 e. The number of rotatable bonds is 1. The average molecular weight is 145 g/mol. The quantitative estimate of drug-likeness (QED) is 0.492. The molecule has 49 valence electrons. The molecule has 0 aromatic rings. The third-order valence-corrected chi connectivity index (χ3v) is 7.95. The molecule has 2 heteroatoms. The molecule has 0 bridgehead atoms. The monoisotopic (exact) mass is 145 g/mol. The molecule has 0 spiro atoms. The molecular weight excluding hydrogens is 128 g/mol. The molecule has 8 heavy (non-hydrogen) atoms. The lowest BCUT2D eigenvalue weighted by atomic mass is 10.3. The third-order valence-electron chi connectivity index (χ3n) is 0.884. The van der Waals surface area contributed by atoms with Gasteiger partial charge in [-0.1, -0.05) is 38.9 Å². The molecule has 0 amide bonds. The highest BCUT2D eigenvalue weighted by molar-refractivity contribution is 7.12. The zero-order chi connectivity index (χ0) is 6.78. The van der Waals surface area contributed by atoms with E-state index in [0.717, 1.165) is 0 Å². The topological polar surface area (TPSA) is 0 Å². The minimum absolute atomic E-state index is 0.147. The molecule has 0 saturated carbocycles. The zero-order valence-electron chi connectivity index (χ0n) is 6.71. The first-order valence-electron chi connectivity index (χ1n) is 3.21. The Morgan fingerprint density at radius 1 is 1.12 bits per heavy atom. The summed E-state index contributed by atoms with van der Waals surface area (Å²) in [6, 6.07) is 0. The van der Waals surface area contributed by atoms with E-state index in [9.17, 15) is 0 Å². The standard InChI is InChI=1S/C6H17Si2/c1-6(2,3)7-8(4)5/h7H2,1-5H3. The fourth-order valence-electron chi connectivity index (χ4n) is 1.06. The maximum atomic E-state index is 2.43. The van der Waals surface area contributed by atoms with Crippen LogP contribution in [0.4, 0.5) is 0 Å². The summed E-state index contributed by atoms with van der Waals surface area (Å²) in [7, 11) is 0.433.